The Balaban J connectivity index is 1.89. The lowest BCUT2D eigenvalue weighted by molar-refractivity contribution is -0.141. The molecule has 7 heteroatoms. The molecule has 7 nitrogen and oxygen atoms in total. The van der Waals surface area contributed by atoms with E-state index in [1.54, 1.807) is 23.9 Å². The number of rotatable bonds is 7. The Morgan fingerprint density at radius 3 is 2.78 bits per heavy atom. The van der Waals surface area contributed by atoms with Gasteiger partial charge in [0, 0.05) is 17.6 Å². The molecule has 23 heavy (non-hydrogen) atoms. The van der Waals surface area contributed by atoms with Gasteiger partial charge in [0.25, 0.3) is 0 Å². The summed E-state index contributed by atoms with van der Waals surface area (Å²) in [5.41, 5.74) is 2.54. The van der Waals surface area contributed by atoms with E-state index >= 15 is 0 Å². The maximum Gasteiger partial charge on any atom is 0.319 e. The van der Waals surface area contributed by atoms with Gasteiger partial charge in [-0.05, 0) is 38.1 Å². The number of benzene rings is 1. The third-order valence-corrected chi connectivity index (χ3v) is 3.07. The molecule has 1 aromatic carbocycles. The molecule has 1 amide bonds. The van der Waals surface area contributed by atoms with Crippen molar-refractivity contribution in [3.63, 3.8) is 0 Å². The Morgan fingerprint density at radius 2 is 2.09 bits per heavy atom. The fourth-order valence-corrected chi connectivity index (χ4v) is 2.05. The van der Waals surface area contributed by atoms with Gasteiger partial charge in [0.1, 0.15) is 0 Å². The van der Waals surface area contributed by atoms with Crippen LogP contribution in [0.5, 0.6) is 0 Å². The summed E-state index contributed by atoms with van der Waals surface area (Å²) in [6.45, 7) is 4.06. The maximum atomic E-state index is 11.9. The molecule has 0 atom stereocenters. The Kier molecular flexibility index (Phi) is 5.87. The largest absolute Gasteiger partial charge is 0.465 e. The van der Waals surface area contributed by atoms with Crippen LogP contribution < -0.4 is 10.6 Å². The van der Waals surface area contributed by atoms with Gasteiger partial charge in [0.15, 0.2) is 0 Å². The first kappa shape index (κ1) is 16.7. The second-order valence-electron chi connectivity index (χ2n) is 4.89. The molecule has 122 valence electrons. The smallest absolute Gasteiger partial charge is 0.319 e. The Bertz CT molecular complexity index is 681. The quantitative estimate of drug-likeness (QED) is 0.752. The second-order valence-corrected chi connectivity index (χ2v) is 4.89. The molecule has 1 heterocycles. The van der Waals surface area contributed by atoms with E-state index in [2.05, 4.69) is 15.7 Å². The first-order chi connectivity index (χ1) is 11.1. The van der Waals surface area contributed by atoms with Gasteiger partial charge in [0.2, 0.25) is 5.91 Å². The van der Waals surface area contributed by atoms with E-state index in [4.69, 9.17) is 4.74 Å². The van der Waals surface area contributed by atoms with Gasteiger partial charge in [-0.2, -0.15) is 5.10 Å². The highest BCUT2D eigenvalue weighted by Crippen LogP contribution is 2.15. The minimum absolute atomic E-state index is 0.00772. The molecule has 2 rings (SSSR count). The van der Waals surface area contributed by atoms with Gasteiger partial charge in [0.05, 0.1) is 25.4 Å². The van der Waals surface area contributed by atoms with Crippen molar-refractivity contribution in [1.29, 1.82) is 0 Å². The average molecular weight is 316 g/mol. The van der Waals surface area contributed by atoms with Crippen molar-refractivity contribution in [2.24, 2.45) is 0 Å². The van der Waals surface area contributed by atoms with Crippen LogP contribution in [0.2, 0.25) is 0 Å². The van der Waals surface area contributed by atoms with Crippen LogP contribution in [-0.4, -0.2) is 41.4 Å². The summed E-state index contributed by atoms with van der Waals surface area (Å²) < 4.78 is 6.55. The van der Waals surface area contributed by atoms with Crippen molar-refractivity contribution in [1.82, 2.24) is 15.1 Å². The van der Waals surface area contributed by atoms with Crippen LogP contribution in [0.4, 0.5) is 5.69 Å². The van der Waals surface area contributed by atoms with Crippen molar-refractivity contribution in [2.75, 3.05) is 25.0 Å². The second kappa shape index (κ2) is 8.09. The molecule has 0 bridgehead atoms. The number of hydrogen-bond donors (Lipinski definition) is 2. The number of carbonyl (C=O) groups is 2. The van der Waals surface area contributed by atoms with E-state index in [1.807, 2.05) is 31.2 Å². The molecule has 2 N–H and O–H groups in total. The number of nitrogens with zero attached hydrogens (tertiary/aromatic N) is 2. The molecule has 0 saturated heterocycles. The Labute approximate surface area is 134 Å². The average Bonchev–Trinajstić information content (AvgIpc) is 2.94. The number of hydrogen-bond acceptors (Lipinski definition) is 5. The van der Waals surface area contributed by atoms with Crippen LogP contribution >= 0.6 is 0 Å². The fraction of sp³-hybridized carbons (Fsp3) is 0.312. The minimum Gasteiger partial charge on any atom is -0.465 e. The van der Waals surface area contributed by atoms with Gasteiger partial charge in [-0.25, -0.2) is 4.68 Å². The van der Waals surface area contributed by atoms with Gasteiger partial charge < -0.3 is 10.1 Å². The summed E-state index contributed by atoms with van der Waals surface area (Å²) in [7, 11) is 0. The van der Waals surface area contributed by atoms with Crippen molar-refractivity contribution >= 4 is 17.6 Å². The SMILES string of the molecule is CCOC(=O)CNCC(=O)Nc1cccc(-n2nccc2C)c1. The van der Waals surface area contributed by atoms with Crippen molar-refractivity contribution in [3.8, 4) is 5.69 Å². The molecular formula is C16H20N4O3. The summed E-state index contributed by atoms with van der Waals surface area (Å²) in [5, 5.41) is 9.74. The molecular weight excluding hydrogens is 296 g/mol. The summed E-state index contributed by atoms with van der Waals surface area (Å²) in [4.78, 5) is 23.0. The topological polar surface area (TPSA) is 85.2 Å². The Morgan fingerprint density at radius 1 is 1.26 bits per heavy atom. The molecule has 1 aromatic heterocycles. The predicted octanol–water partition coefficient (Wildman–Crippen LogP) is 1.27. The third kappa shape index (κ3) is 4.93. The number of esters is 1. The standard InChI is InChI=1S/C16H20N4O3/c1-3-23-16(22)11-17-10-15(21)19-13-5-4-6-14(9-13)20-12(2)7-8-18-20/h4-9,17H,3,10-11H2,1-2H3,(H,19,21). The molecule has 0 saturated carbocycles. The number of anilines is 1. The normalized spacial score (nSPS) is 10.3. The summed E-state index contributed by atoms with van der Waals surface area (Å²) in [6, 6.07) is 9.30. The van der Waals surface area contributed by atoms with E-state index in [1.165, 1.54) is 0 Å². The van der Waals surface area contributed by atoms with E-state index in [0.717, 1.165) is 11.4 Å². The van der Waals surface area contributed by atoms with Gasteiger partial charge in [-0.1, -0.05) is 6.07 Å². The van der Waals surface area contributed by atoms with E-state index in [0.29, 0.717) is 12.3 Å². The van der Waals surface area contributed by atoms with E-state index < -0.39 is 0 Å². The lowest BCUT2D eigenvalue weighted by Crippen LogP contribution is -2.32. The molecule has 0 aliphatic rings. The van der Waals surface area contributed by atoms with Crippen LogP contribution in [0.1, 0.15) is 12.6 Å². The molecule has 2 aromatic rings. The fourth-order valence-electron chi connectivity index (χ4n) is 2.05. The van der Waals surface area contributed by atoms with Crippen LogP contribution in [0, 0.1) is 6.92 Å². The number of carbonyl (C=O) groups excluding carboxylic acids is 2. The zero-order valence-corrected chi connectivity index (χ0v) is 13.2. The van der Waals surface area contributed by atoms with Crippen molar-refractivity contribution in [3.05, 3.63) is 42.2 Å². The number of ether oxygens (including phenoxy) is 1. The third-order valence-electron chi connectivity index (χ3n) is 3.07. The zero-order valence-electron chi connectivity index (χ0n) is 13.2. The molecule has 0 aliphatic carbocycles. The Hall–Kier alpha value is -2.67. The highest BCUT2D eigenvalue weighted by molar-refractivity contribution is 5.92. The maximum absolute atomic E-state index is 11.9. The minimum atomic E-state index is -0.378. The van der Waals surface area contributed by atoms with Crippen LogP contribution in [0.15, 0.2) is 36.5 Å². The van der Waals surface area contributed by atoms with E-state index in [9.17, 15) is 9.59 Å². The number of nitrogens with one attached hydrogen (secondary N) is 2. The number of aryl methyl sites for hydroxylation is 1. The summed E-state index contributed by atoms with van der Waals surface area (Å²) >= 11 is 0. The lowest BCUT2D eigenvalue weighted by atomic mass is 10.2. The first-order valence-electron chi connectivity index (χ1n) is 7.37. The van der Waals surface area contributed by atoms with Gasteiger partial charge in [-0.15, -0.1) is 0 Å². The van der Waals surface area contributed by atoms with Gasteiger partial charge in [-0.3, -0.25) is 14.9 Å². The highest BCUT2D eigenvalue weighted by Gasteiger charge is 2.07. The molecule has 0 aliphatic heterocycles. The van der Waals surface area contributed by atoms with Crippen LogP contribution in [0.25, 0.3) is 5.69 Å². The number of aromatic nitrogens is 2. The lowest BCUT2D eigenvalue weighted by Gasteiger charge is -2.09. The first-order valence-corrected chi connectivity index (χ1v) is 7.37. The number of amides is 1. The summed E-state index contributed by atoms with van der Waals surface area (Å²) in [5.74, 6) is -0.611. The summed E-state index contributed by atoms with van der Waals surface area (Å²) in [6.07, 6.45) is 1.72. The van der Waals surface area contributed by atoms with Gasteiger partial charge >= 0.3 is 5.97 Å². The van der Waals surface area contributed by atoms with E-state index in [-0.39, 0.29) is 25.0 Å². The molecule has 0 spiro atoms. The van der Waals surface area contributed by atoms with Crippen LogP contribution in [-0.2, 0) is 14.3 Å². The molecule has 0 fully saturated rings. The van der Waals surface area contributed by atoms with Crippen molar-refractivity contribution < 1.29 is 14.3 Å². The highest BCUT2D eigenvalue weighted by atomic mass is 16.5. The predicted molar refractivity (Wildman–Crippen MR) is 86.4 cm³/mol. The van der Waals surface area contributed by atoms with Crippen molar-refractivity contribution in [2.45, 2.75) is 13.8 Å². The van der Waals surface area contributed by atoms with Crippen LogP contribution in [0.3, 0.4) is 0 Å². The molecule has 0 unspecified atom stereocenters. The molecule has 0 radical (unpaired) electrons. The monoisotopic (exact) mass is 316 g/mol. The zero-order chi connectivity index (χ0) is 16.7.